The molecule has 6 heteroatoms. The molecule has 1 atom stereocenters. The Labute approximate surface area is 190 Å². The van der Waals surface area contributed by atoms with Crippen LogP contribution < -0.4 is 5.56 Å². The predicted octanol–water partition coefficient (Wildman–Crippen LogP) is 4.35. The van der Waals surface area contributed by atoms with Crippen molar-refractivity contribution in [2.24, 2.45) is 0 Å². The van der Waals surface area contributed by atoms with Crippen molar-refractivity contribution >= 4 is 16.8 Å². The summed E-state index contributed by atoms with van der Waals surface area (Å²) in [6.07, 6.45) is 0.888. The van der Waals surface area contributed by atoms with Crippen molar-refractivity contribution in [2.45, 2.75) is 65.7 Å². The number of nitrogens with zero attached hydrogens (tertiary/aromatic N) is 3. The van der Waals surface area contributed by atoms with Crippen LogP contribution in [0.5, 0.6) is 0 Å². The summed E-state index contributed by atoms with van der Waals surface area (Å²) in [4.78, 5) is 37.5. The fourth-order valence-electron chi connectivity index (χ4n) is 3.75. The van der Waals surface area contributed by atoms with Gasteiger partial charge in [-0.3, -0.25) is 14.5 Å². The Hall–Kier alpha value is -2.99. The zero-order valence-electron chi connectivity index (χ0n) is 19.8. The van der Waals surface area contributed by atoms with Crippen LogP contribution in [-0.2, 0) is 17.9 Å². The van der Waals surface area contributed by atoms with E-state index in [4.69, 9.17) is 0 Å². The fourth-order valence-corrected chi connectivity index (χ4v) is 3.75. The maximum atomic E-state index is 13.5. The summed E-state index contributed by atoms with van der Waals surface area (Å²) in [5.41, 5.74) is 1.30. The van der Waals surface area contributed by atoms with Crippen molar-refractivity contribution in [1.82, 2.24) is 19.8 Å². The first-order valence-corrected chi connectivity index (χ1v) is 11.3. The van der Waals surface area contributed by atoms with Gasteiger partial charge in [0.25, 0.3) is 5.56 Å². The number of hydrogen-bond donors (Lipinski definition) is 1. The third-order valence-corrected chi connectivity index (χ3v) is 5.86. The number of carbonyl (C=O) groups is 1. The first-order valence-electron chi connectivity index (χ1n) is 11.3. The van der Waals surface area contributed by atoms with E-state index in [9.17, 15) is 9.59 Å². The molecule has 6 nitrogen and oxygen atoms in total. The van der Waals surface area contributed by atoms with E-state index in [1.54, 1.807) is 6.07 Å². The Balaban J connectivity index is 1.84. The molecule has 0 fully saturated rings. The largest absolute Gasteiger partial charge is 0.332 e. The molecule has 1 amide bonds. The molecule has 0 aliphatic carbocycles. The normalized spacial score (nSPS) is 12.8. The molecule has 0 saturated carbocycles. The summed E-state index contributed by atoms with van der Waals surface area (Å²) in [5, 5.41) is 0.573. The van der Waals surface area contributed by atoms with Crippen LogP contribution in [0.15, 0.2) is 59.4 Å². The van der Waals surface area contributed by atoms with Crippen LogP contribution in [-0.4, -0.2) is 43.8 Å². The number of amides is 1. The lowest BCUT2D eigenvalue weighted by Gasteiger charge is -2.38. The summed E-state index contributed by atoms with van der Waals surface area (Å²) in [5.74, 6) is 0.636. The molecule has 1 unspecified atom stereocenters. The number of nitrogens with one attached hydrogen (secondary N) is 1. The Morgan fingerprint density at radius 2 is 1.69 bits per heavy atom. The van der Waals surface area contributed by atoms with Gasteiger partial charge < -0.3 is 9.88 Å². The maximum Gasteiger partial charge on any atom is 0.258 e. The Kier molecular flexibility index (Phi) is 7.46. The van der Waals surface area contributed by atoms with E-state index in [2.05, 4.69) is 49.5 Å². The topological polar surface area (TPSA) is 69.3 Å². The number of hydrogen-bond acceptors (Lipinski definition) is 4. The number of para-hydroxylation sites is 1. The monoisotopic (exact) mass is 434 g/mol. The highest BCUT2D eigenvalue weighted by atomic mass is 16.2. The van der Waals surface area contributed by atoms with Crippen molar-refractivity contribution in [3.05, 3.63) is 76.3 Å². The molecule has 3 aromatic rings. The van der Waals surface area contributed by atoms with Crippen molar-refractivity contribution in [1.29, 1.82) is 0 Å². The van der Waals surface area contributed by atoms with Gasteiger partial charge in [-0.2, -0.15) is 0 Å². The van der Waals surface area contributed by atoms with Gasteiger partial charge in [0.15, 0.2) is 0 Å². The van der Waals surface area contributed by atoms with Crippen LogP contribution in [0, 0.1) is 0 Å². The zero-order valence-corrected chi connectivity index (χ0v) is 19.8. The molecule has 0 spiro atoms. The van der Waals surface area contributed by atoms with Crippen LogP contribution in [0.25, 0.3) is 10.9 Å². The SMILES string of the molecule is CCC(C)N(CC(=O)N(Cc1ccccc1)C(C)(C)C)Cc1nc2ccccc2c(=O)[nH]1. The van der Waals surface area contributed by atoms with Gasteiger partial charge in [0.1, 0.15) is 5.82 Å². The van der Waals surface area contributed by atoms with Gasteiger partial charge in [0.05, 0.1) is 24.0 Å². The molecule has 1 aromatic heterocycles. The van der Waals surface area contributed by atoms with Crippen LogP contribution >= 0.6 is 0 Å². The summed E-state index contributed by atoms with van der Waals surface area (Å²) in [7, 11) is 0. The average Bonchev–Trinajstić information content (AvgIpc) is 2.76. The van der Waals surface area contributed by atoms with E-state index in [-0.39, 0.29) is 29.6 Å². The molecule has 3 rings (SSSR count). The van der Waals surface area contributed by atoms with Crippen LogP contribution in [0.1, 0.15) is 52.4 Å². The molecule has 0 saturated heterocycles. The Morgan fingerprint density at radius 3 is 2.34 bits per heavy atom. The van der Waals surface area contributed by atoms with E-state index in [0.717, 1.165) is 12.0 Å². The van der Waals surface area contributed by atoms with E-state index < -0.39 is 0 Å². The molecule has 0 aliphatic rings. The number of rotatable bonds is 8. The number of carbonyl (C=O) groups excluding carboxylic acids is 1. The number of benzene rings is 2. The number of aromatic nitrogens is 2. The lowest BCUT2D eigenvalue weighted by molar-refractivity contribution is -0.138. The second-order valence-electron chi connectivity index (χ2n) is 9.33. The minimum atomic E-state index is -0.316. The van der Waals surface area contributed by atoms with Crippen LogP contribution in [0.2, 0.25) is 0 Å². The van der Waals surface area contributed by atoms with Crippen molar-refractivity contribution in [3.8, 4) is 0 Å². The predicted molar refractivity (Wildman–Crippen MR) is 129 cm³/mol. The van der Waals surface area contributed by atoms with Gasteiger partial charge >= 0.3 is 0 Å². The Morgan fingerprint density at radius 1 is 1.03 bits per heavy atom. The third-order valence-electron chi connectivity index (χ3n) is 5.86. The lowest BCUT2D eigenvalue weighted by atomic mass is 10.0. The van der Waals surface area contributed by atoms with Gasteiger partial charge in [-0.05, 0) is 51.8 Å². The van der Waals surface area contributed by atoms with Crippen molar-refractivity contribution in [2.75, 3.05) is 6.54 Å². The standard InChI is InChI=1S/C26H34N4O2/c1-6-19(2)29(17-23-27-22-15-11-10-14-21(22)25(32)28-23)18-24(31)30(26(3,4)5)16-20-12-8-7-9-13-20/h7-15,19H,6,16-18H2,1-5H3,(H,27,28,32). The molecule has 32 heavy (non-hydrogen) atoms. The second kappa shape index (κ2) is 10.1. The van der Waals surface area contributed by atoms with Crippen molar-refractivity contribution < 1.29 is 4.79 Å². The number of aromatic amines is 1. The van der Waals surface area contributed by atoms with Crippen molar-refractivity contribution in [3.63, 3.8) is 0 Å². The highest BCUT2D eigenvalue weighted by molar-refractivity contribution is 5.79. The van der Waals surface area contributed by atoms with Gasteiger partial charge in [0.2, 0.25) is 5.91 Å². The highest BCUT2D eigenvalue weighted by Crippen LogP contribution is 2.19. The summed E-state index contributed by atoms with van der Waals surface area (Å²) < 4.78 is 0. The highest BCUT2D eigenvalue weighted by Gasteiger charge is 2.29. The molecular formula is C26H34N4O2. The van der Waals surface area contributed by atoms with Gasteiger partial charge in [0, 0.05) is 18.1 Å². The molecule has 1 heterocycles. The van der Waals surface area contributed by atoms with Gasteiger partial charge in [-0.15, -0.1) is 0 Å². The van der Waals surface area contributed by atoms with E-state index >= 15 is 0 Å². The summed E-state index contributed by atoms with van der Waals surface area (Å²) >= 11 is 0. The number of H-pyrrole nitrogens is 1. The zero-order chi connectivity index (χ0) is 23.3. The summed E-state index contributed by atoms with van der Waals surface area (Å²) in [6, 6.07) is 17.5. The minimum absolute atomic E-state index is 0.0600. The van der Waals surface area contributed by atoms with Gasteiger partial charge in [-0.25, -0.2) is 4.98 Å². The minimum Gasteiger partial charge on any atom is -0.332 e. The molecule has 0 radical (unpaired) electrons. The average molecular weight is 435 g/mol. The molecular weight excluding hydrogens is 400 g/mol. The smallest absolute Gasteiger partial charge is 0.258 e. The van der Waals surface area contributed by atoms with E-state index in [0.29, 0.717) is 29.8 Å². The molecule has 1 N–H and O–H groups in total. The lowest BCUT2D eigenvalue weighted by Crippen LogP contribution is -2.50. The van der Waals surface area contributed by atoms with Crippen LogP contribution in [0.3, 0.4) is 0 Å². The first kappa shape index (κ1) is 23.7. The molecule has 2 aromatic carbocycles. The van der Waals surface area contributed by atoms with Gasteiger partial charge in [-0.1, -0.05) is 49.4 Å². The maximum absolute atomic E-state index is 13.5. The molecule has 0 aliphatic heterocycles. The molecule has 170 valence electrons. The van der Waals surface area contributed by atoms with E-state index in [1.165, 1.54) is 0 Å². The summed E-state index contributed by atoms with van der Waals surface area (Å²) in [6.45, 7) is 11.6. The first-order chi connectivity index (χ1) is 15.2. The fraction of sp³-hybridized carbons (Fsp3) is 0.423. The quantitative estimate of drug-likeness (QED) is 0.572. The number of fused-ring (bicyclic) bond motifs is 1. The Bertz CT molecular complexity index is 1100. The molecule has 0 bridgehead atoms. The van der Waals surface area contributed by atoms with E-state index in [1.807, 2.05) is 53.4 Å². The second-order valence-corrected chi connectivity index (χ2v) is 9.33. The van der Waals surface area contributed by atoms with Crippen LogP contribution in [0.4, 0.5) is 0 Å². The third kappa shape index (κ3) is 5.82.